The molecule has 0 unspecified atom stereocenters. The largest absolute Gasteiger partial charge is 0.373 e. The summed E-state index contributed by atoms with van der Waals surface area (Å²) in [5.74, 6) is 0. The molecule has 2 aromatic rings. The molecule has 0 amide bonds. The quantitative estimate of drug-likeness (QED) is 0.831. The summed E-state index contributed by atoms with van der Waals surface area (Å²) in [4.78, 5) is 6.44. The van der Waals surface area contributed by atoms with Crippen molar-refractivity contribution in [1.82, 2.24) is 9.55 Å². The Hall–Kier alpha value is -2.02. The third kappa shape index (κ3) is 2.30. The second-order valence-corrected chi connectivity index (χ2v) is 5.38. The average Bonchev–Trinajstić information content (AvgIpc) is 2.70. The van der Waals surface area contributed by atoms with E-state index in [9.17, 15) is 0 Å². The van der Waals surface area contributed by atoms with E-state index in [1.54, 1.807) is 0 Å². The van der Waals surface area contributed by atoms with Crippen molar-refractivity contribution in [2.24, 2.45) is 12.5 Å². The molecule has 0 fully saturated rings. The van der Waals surface area contributed by atoms with Crippen molar-refractivity contribution in [1.29, 1.82) is 5.26 Å². The number of rotatable bonds is 3. The van der Waals surface area contributed by atoms with Crippen molar-refractivity contribution >= 4 is 16.7 Å². The predicted molar refractivity (Wildman–Crippen MR) is 73.4 cm³/mol. The maximum Gasteiger partial charge on any atom is 0.0955 e. The van der Waals surface area contributed by atoms with E-state index < -0.39 is 0 Å². The number of fused-ring (bicyclic) bond motifs is 1. The van der Waals surface area contributed by atoms with Crippen LogP contribution in [-0.4, -0.2) is 23.1 Å². The van der Waals surface area contributed by atoms with Crippen LogP contribution in [0, 0.1) is 16.7 Å². The van der Waals surface area contributed by atoms with Gasteiger partial charge in [-0.15, -0.1) is 0 Å². The van der Waals surface area contributed by atoms with Gasteiger partial charge in [0.15, 0.2) is 0 Å². The first-order valence-corrected chi connectivity index (χ1v) is 5.96. The normalized spacial score (nSPS) is 11.5. The number of nitriles is 1. The Kier molecular flexibility index (Phi) is 3.00. The minimum absolute atomic E-state index is 0.353. The van der Waals surface area contributed by atoms with Gasteiger partial charge in [0.2, 0.25) is 0 Å². The number of imidazole rings is 1. The zero-order valence-electron chi connectivity index (χ0n) is 11.3. The maximum absolute atomic E-state index is 9.07. The Bertz CT molecular complexity index is 604. The van der Waals surface area contributed by atoms with Gasteiger partial charge in [0.1, 0.15) is 0 Å². The molecule has 0 aliphatic carbocycles. The highest BCUT2D eigenvalue weighted by Crippen LogP contribution is 2.23. The molecule has 0 atom stereocenters. The standard InChI is InChI=1S/C14H18N4/c1-14(2,8-15)9-17(3)11-5-6-13-12(7-11)16-10-18(13)4/h5-7,10H,9H2,1-4H3. The fourth-order valence-corrected chi connectivity index (χ4v) is 2.08. The Morgan fingerprint density at radius 3 is 2.83 bits per heavy atom. The molecule has 0 saturated heterocycles. The Morgan fingerprint density at radius 2 is 2.17 bits per heavy atom. The van der Waals surface area contributed by atoms with Crippen LogP contribution >= 0.6 is 0 Å². The van der Waals surface area contributed by atoms with Gasteiger partial charge in [0, 0.05) is 26.3 Å². The smallest absolute Gasteiger partial charge is 0.0955 e. The fraction of sp³-hybridized carbons (Fsp3) is 0.429. The molecule has 4 nitrogen and oxygen atoms in total. The topological polar surface area (TPSA) is 44.9 Å². The molecule has 0 saturated carbocycles. The first kappa shape index (κ1) is 12.4. The van der Waals surface area contributed by atoms with Gasteiger partial charge in [0.05, 0.1) is 28.8 Å². The van der Waals surface area contributed by atoms with Crippen molar-refractivity contribution < 1.29 is 0 Å². The number of anilines is 1. The summed E-state index contributed by atoms with van der Waals surface area (Å²) in [6.07, 6.45) is 1.81. The summed E-state index contributed by atoms with van der Waals surface area (Å²) in [6, 6.07) is 8.51. The highest BCUT2D eigenvalue weighted by molar-refractivity contribution is 5.79. The summed E-state index contributed by atoms with van der Waals surface area (Å²) in [5, 5.41) is 9.07. The third-order valence-electron chi connectivity index (χ3n) is 3.08. The van der Waals surface area contributed by atoms with Crippen LogP contribution in [0.2, 0.25) is 0 Å². The predicted octanol–water partition coefficient (Wildman–Crippen LogP) is 2.56. The lowest BCUT2D eigenvalue weighted by atomic mass is 9.95. The van der Waals surface area contributed by atoms with Crippen LogP contribution in [0.4, 0.5) is 5.69 Å². The molecule has 0 bridgehead atoms. The van der Waals surface area contributed by atoms with Crippen molar-refractivity contribution in [2.75, 3.05) is 18.5 Å². The molecule has 0 N–H and O–H groups in total. The Balaban J connectivity index is 2.29. The SMILES string of the molecule is CN(CC(C)(C)C#N)c1ccc2c(c1)ncn2C. The van der Waals surface area contributed by atoms with Crippen LogP contribution in [0.5, 0.6) is 0 Å². The second-order valence-electron chi connectivity index (χ2n) is 5.38. The van der Waals surface area contributed by atoms with Crippen LogP contribution in [0.25, 0.3) is 11.0 Å². The number of hydrogen-bond acceptors (Lipinski definition) is 3. The van der Waals surface area contributed by atoms with E-state index in [-0.39, 0.29) is 5.41 Å². The number of nitrogens with zero attached hydrogens (tertiary/aromatic N) is 4. The number of aromatic nitrogens is 2. The Labute approximate surface area is 107 Å². The molecule has 0 aliphatic rings. The molecule has 1 heterocycles. The molecule has 0 radical (unpaired) electrons. The lowest BCUT2D eigenvalue weighted by molar-refractivity contribution is 0.497. The molecule has 4 heteroatoms. The average molecular weight is 242 g/mol. The summed E-state index contributed by atoms with van der Waals surface area (Å²) >= 11 is 0. The van der Waals surface area contributed by atoms with Gasteiger partial charge in [-0.25, -0.2) is 4.98 Å². The first-order valence-electron chi connectivity index (χ1n) is 5.96. The van der Waals surface area contributed by atoms with E-state index in [2.05, 4.69) is 34.2 Å². The lowest BCUT2D eigenvalue weighted by Gasteiger charge is -2.26. The van der Waals surface area contributed by atoms with Gasteiger partial charge in [-0.05, 0) is 32.0 Å². The van der Waals surface area contributed by atoms with Crippen molar-refractivity contribution in [3.63, 3.8) is 0 Å². The molecule has 1 aromatic carbocycles. The van der Waals surface area contributed by atoms with Gasteiger partial charge in [-0.1, -0.05) is 0 Å². The van der Waals surface area contributed by atoms with Gasteiger partial charge < -0.3 is 9.47 Å². The van der Waals surface area contributed by atoms with Gasteiger partial charge >= 0.3 is 0 Å². The molecule has 2 rings (SSSR count). The van der Waals surface area contributed by atoms with Crippen molar-refractivity contribution in [3.8, 4) is 6.07 Å². The van der Waals surface area contributed by atoms with E-state index in [0.29, 0.717) is 6.54 Å². The van der Waals surface area contributed by atoms with Gasteiger partial charge in [-0.2, -0.15) is 5.26 Å². The minimum Gasteiger partial charge on any atom is -0.373 e. The molecule has 1 aromatic heterocycles. The molecule has 94 valence electrons. The number of hydrogen-bond donors (Lipinski definition) is 0. The molecule has 0 aliphatic heterocycles. The van der Waals surface area contributed by atoms with Gasteiger partial charge in [-0.3, -0.25) is 0 Å². The number of aryl methyl sites for hydroxylation is 1. The third-order valence-corrected chi connectivity index (χ3v) is 3.08. The molecular formula is C14H18N4. The molecular weight excluding hydrogens is 224 g/mol. The minimum atomic E-state index is -0.353. The summed E-state index contributed by atoms with van der Waals surface area (Å²) in [6.45, 7) is 4.59. The highest BCUT2D eigenvalue weighted by Gasteiger charge is 2.19. The first-order chi connectivity index (χ1) is 8.43. The van der Waals surface area contributed by atoms with Crippen molar-refractivity contribution in [3.05, 3.63) is 24.5 Å². The van der Waals surface area contributed by atoms with Crippen LogP contribution in [0.1, 0.15) is 13.8 Å². The highest BCUT2D eigenvalue weighted by atomic mass is 15.1. The monoisotopic (exact) mass is 242 g/mol. The summed E-state index contributed by atoms with van der Waals surface area (Å²) in [5.41, 5.74) is 2.83. The van der Waals surface area contributed by atoms with E-state index in [1.807, 2.05) is 38.8 Å². The van der Waals surface area contributed by atoms with E-state index in [0.717, 1.165) is 16.7 Å². The van der Waals surface area contributed by atoms with E-state index in [4.69, 9.17) is 5.26 Å². The van der Waals surface area contributed by atoms with Crippen molar-refractivity contribution in [2.45, 2.75) is 13.8 Å². The maximum atomic E-state index is 9.07. The zero-order valence-corrected chi connectivity index (χ0v) is 11.3. The van der Waals surface area contributed by atoms with Crippen LogP contribution in [-0.2, 0) is 7.05 Å². The van der Waals surface area contributed by atoms with Crippen LogP contribution < -0.4 is 4.90 Å². The van der Waals surface area contributed by atoms with Gasteiger partial charge in [0.25, 0.3) is 0 Å². The van der Waals surface area contributed by atoms with E-state index >= 15 is 0 Å². The summed E-state index contributed by atoms with van der Waals surface area (Å²) in [7, 11) is 3.99. The lowest BCUT2D eigenvalue weighted by Crippen LogP contribution is -2.30. The molecule has 0 spiro atoms. The second kappa shape index (κ2) is 4.34. The molecule has 18 heavy (non-hydrogen) atoms. The zero-order chi connectivity index (χ0) is 13.3. The number of benzene rings is 1. The summed E-state index contributed by atoms with van der Waals surface area (Å²) < 4.78 is 2.00. The Morgan fingerprint density at radius 1 is 1.44 bits per heavy atom. The van der Waals surface area contributed by atoms with Crippen LogP contribution in [0.3, 0.4) is 0 Å². The van der Waals surface area contributed by atoms with E-state index in [1.165, 1.54) is 0 Å². The van der Waals surface area contributed by atoms with Crippen LogP contribution in [0.15, 0.2) is 24.5 Å². The fourth-order valence-electron chi connectivity index (χ4n) is 2.08.